The molecule has 0 saturated carbocycles. The van der Waals surface area contributed by atoms with Crippen LogP contribution in [0.1, 0.15) is 49.9 Å². The van der Waals surface area contributed by atoms with E-state index in [1.807, 2.05) is 23.1 Å². The monoisotopic (exact) mass is 346 g/mol. The summed E-state index contributed by atoms with van der Waals surface area (Å²) in [6, 6.07) is 7.18. The van der Waals surface area contributed by atoms with Crippen molar-refractivity contribution in [2.75, 3.05) is 27.3 Å². The summed E-state index contributed by atoms with van der Waals surface area (Å²) in [5.74, 6) is 1.17. The van der Waals surface area contributed by atoms with Crippen molar-refractivity contribution in [3.05, 3.63) is 23.8 Å². The summed E-state index contributed by atoms with van der Waals surface area (Å²) < 4.78 is 10.8. The quantitative estimate of drug-likeness (QED) is 0.840. The fourth-order valence-corrected chi connectivity index (χ4v) is 4.54. The predicted molar refractivity (Wildman–Crippen MR) is 98.5 cm³/mol. The fraction of sp³-hybridized carbons (Fsp3) is 0.650. The summed E-state index contributed by atoms with van der Waals surface area (Å²) in [6.07, 6.45) is 4.75. The van der Waals surface area contributed by atoms with Crippen LogP contribution in [0, 0.1) is 0 Å². The van der Waals surface area contributed by atoms with Crippen LogP contribution >= 0.6 is 0 Å². The first-order valence-corrected chi connectivity index (χ1v) is 9.34. The summed E-state index contributed by atoms with van der Waals surface area (Å²) in [6.45, 7) is 6.24. The lowest BCUT2D eigenvalue weighted by Gasteiger charge is -2.41. The topological polar surface area (TPSA) is 42.0 Å². The predicted octanol–water partition coefficient (Wildman–Crippen LogP) is 3.18. The van der Waals surface area contributed by atoms with E-state index in [9.17, 15) is 4.79 Å². The van der Waals surface area contributed by atoms with E-state index in [0.29, 0.717) is 35.2 Å². The normalized spacial score (nSPS) is 27.4. The highest BCUT2D eigenvalue weighted by atomic mass is 16.5. The third kappa shape index (κ3) is 3.47. The first-order chi connectivity index (χ1) is 12.1. The average Bonchev–Trinajstić information content (AvgIpc) is 2.98. The average molecular weight is 346 g/mol. The van der Waals surface area contributed by atoms with Crippen molar-refractivity contribution >= 4 is 5.91 Å². The summed E-state index contributed by atoms with van der Waals surface area (Å²) in [4.78, 5) is 17.8. The van der Waals surface area contributed by atoms with Crippen LogP contribution in [0.5, 0.6) is 11.5 Å². The minimum Gasteiger partial charge on any atom is -0.493 e. The zero-order valence-corrected chi connectivity index (χ0v) is 15.8. The van der Waals surface area contributed by atoms with E-state index in [0.717, 1.165) is 19.5 Å². The van der Waals surface area contributed by atoms with Crippen molar-refractivity contribution in [1.82, 2.24) is 9.80 Å². The van der Waals surface area contributed by atoms with Gasteiger partial charge >= 0.3 is 0 Å². The first kappa shape index (κ1) is 18.1. The molecule has 1 amide bonds. The molecule has 2 fully saturated rings. The molecule has 5 heteroatoms. The van der Waals surface area contributed by atoms with Crippen LogP contribution in [-0.2, 0) is 0 Å². The molecule has 1 aromatic rings. The Morgan fingerprint density at radius 2 is 1.80 bits per heavy atom. The zero-order valence-electron chi connectivity index (χ0n) is 15.8. The van der Waals surface area contributed by atoms with E-state index in [4.69, 9.17) is 9.47 Å². The molecule has 3 atom stereocenters. The molecular weight excluding hydrogens is 316 g/mol. The van der Waals surface area contributed by atoms with Crippen molar-refractivity contribution in [3.63, 3.8) is 0 Å². The van der Waals surface area contributed by atoms with Crippen LogP contribution in [0.25, 0.3) is 0 Å². The van der Waals surface area contributed by atoms with Gasteiger partial charge in [-0.05, 0) is 51.7 Å². The summed E-state index contributed by atoms with van der Waals surface area (Å²) >= 11 is 0. The Morgan fingerprint density at radius 3 is 2.44 bits per heavy atom. The van der Waals surface area contributed by atoms with Gasteiger partial charge in [-0.25, -0.2) is 0 Å². The minimum atomic E-state index is 0.0416. The van der Waals surface area contributed by atoms with Crippen LogP contribution in [0.4, 0.5) is 0 Å². The van der Waals surface area contributed by atoms with E-state index in [-0.39, 0.29) is 5.91 Å². The van der Waals surface area contributed by atoms with Gasteiger partial charge < -0.3 is 14.4 Å². The van der Waals surface area contributed by atoms with E-state index in [1.54, 1.807) is 14.2 Å². The lowest BCUT2D eigenvalue weighted by molar-refractivity contribution is 0.0484. The van der Waals surface area contributed by atoms with Crippen LogP contribution < -0.4 is 9.47 Å². The summed E-state index contributed by atoms with van der Waals surface area (Å²) in [5.41, 5.74) is 0.588. The van der Waals surface area contributed by atoms with Gasteiger partial charge in [0.1, 0.15) is 0 Å². The maximum atomic E-state index is 13.1. The molecule has 0 aliphatic carbocycles. The Labute approximate surface area is 150 Å². The number of methoxy groups -OCH3 is 2. The summed E-state index contributed by atoms with van der Waals surface area (Å²) in [7, 11) is 3.18. The number of carbonyl (C=O) groups excluding carboxylic acids is 1. The fourth-order valence-electron chi connectivity index (χ4n) is 4.54. The molecule has 1 aromatic carbocycles. The number of hydrogen-bond donors (Lipinski definition) is 0. The molecule has 0 radical (unpaired) electrons. The van der Waals surface area contributed by atoms with Crippen LogP contribution in [0.2, 0.25) is 0 Å². The van der Waals surface area contributed by atoms with Gasteiger partial charge in [0, 0.05) is 31.2 Å². The largest absolute Gasteiger partial charge is 0.493 e. The van der Waals surface area contributed by atoms with Gasteiger partial charge in [-0.15, -0.1) is 0 Å². The van der Waals surface area contributed by atoms with Gasteiger partial charge in [-0.3, -0.25) is 9.69 Å². The number of rotatable bonds is 4. The van der Waals surface area contributed by atoms with Gasteiger partial charge in [0.2, 0.25) is 0 Å². The molecule has 2 aliphatic heterocycles. The second-order valence-corrected chi connectivity index (χ2v) is 7.31. The van der Waals surface area contributed by atoms with Crippen LogP contribution in [0.3, 0.4) is 0 Å². The van der Waals surface area contributed by atoms with E-state index < -0.39 is 0 Å². The Morgan fingerprint density at radius 1 is 1.08 bits per heavy atom. The Hall–Kier alpha value is -1.75. The Balaban J connectivity index is 1.79. The molecule has 0 spiro atoms. The smallest absolute Gasteiger partial charge is 0.257 e. The number of benzene rings is 1. The van der Waals surface area contributed by atoms with E-state index >= 15 is 0 Å². The number of hydrogen-bond acceptors (Lipinski definition) is 4. The lowest BCUT2D eigenvalue weighted by Crippen LogP contribution is -2.52. The summed E-state index contributed by atoms with van der Waals surface area (Å²) in [5, 5.41) is 0. The third-order valence-electron chi connectivity index (χ3n) is 5.76. The molecule has 2 heterocycles. The number of amides is 1. The molecular formula is C20H30N2O3. The van der Waals surface area contributed by atoms with Crippen molar-refractivity contribution in [1.29, 1.82) is 0 Å². The SMILES string of the molecule is COc1cccc(C(=O)N2CCC[C@H](N3[C@@H](C)CC[C@@H]3C)C2)c1OC. The Kier molecular flexibility index (Phi) is 5.52. The molecule has 2 saturated heterocycles. The van der Waals surface area contributed by atoms with E-state index in [2.05, 4.69) is 18.7 Å². The highest BCUT2D eigenvalue weighted by Gasteiger charge is 2.37. The van der Waals surface area contributed by atoms with E-state index in [1.165, 1.54) is 19.3 Å². The number of para-hydroxylation sites is 1. The van der Waals surface area contributed by atoms with Gasteiger partial charge in [0.05, 0.1) is 19.8 Å². The number of piperidine rings is 1. The van der Waals surface area contributed by atoms with Gasteiger partial charge in [0.25, 0.3) is 5.91 Å². The second kappa shape index (κ2) is 7.65. The zero-order chi connectivity index (χ0) is 18.0. The van der Waals surface area contributed by atoms with Gasteiger partial charge in [-0.2, -0.15) is 0 Å². The standard InChI is InChI=1S/C20H30N2O3/c1-14-10-11-15(2)22(14)16-7-6-12-21(13-16)20(23)17-8-5-9-18(24-3)19(17)25-4/h5,8-9,14-16H,6-7,10-13H2,1-4H3/t14-,15-,16-/m0/s1. The number of likely N-dealkylation sites (tertiary alicyclic amines) is 2. The van der Waals surface area contributed by atoms with Crippen molar-refractivity contribution < 1.29 is 14.3 Å². The van der Waals surface area contributed by atoms with Crippen molar-refractivity contribution in [2.45, 2.75) is 57.7 Å². The number of carbonyl (C=O) groups is 1. The first-order valence-electron chi connectivity index (χ1n) is 9.34. The third-order valence-corrected chi connectivity index (χ3v) is 5.76. The molecule has 0 aromatic heterocycles. The van der Waals surface area contributed by atoms with Crippen molar-refractivity contribution in [3.8, 4) is 11.5 Å². The molecule has 0 N–H and O–H groups in total. The molecule has 0 unspecified atom stereocenters. The molecule has 5 nitrogen and oxygen atoms in total. The van der Waals surface area contributed by atoms with Gasteiger partial charge in [0.15, 0.2) is 11.5 Å². The van der Waals surface area contributed by atoms with Gasteiger partial charge in [-0.1, -0.05) is 6.07 Å². The maximum Gasteiger partial charge on any atom is 0.257 e. The Bertz CT molecular complexity index is 609. The molecule has 2 aliphatic rings. The maximum absolute atomic E-state index is 13.1. The molecule has 3 rings (SSSR count). The molecule has 25 heavy (non-hydrogen) atoms. The molecule has 138 valence electrons. The second-order valence-electron chi connectivity index (χ2n) is 7.31. The highest BCUT2D eigenvalue weighted by molar-refractivity contribution is 5.98. The minimum absolute atomic E-state index is 0.0416. The van der Waals surface area contributed by atoms with Crippen LogP contribution in [0.15, 0.2) is 18.2 Å². The number of nitrogens with zero attached hydrogens (tertiary/aromatic N) is 2. The highest BCUT2D eigenvalue weighted by Crippen LogP contribution is 2.33. The molecule has 0 bridgehead atoms. The number of ether oxygens (including phenoxy) is 2. The van der Waals surface area contributed by atoms with Crippen molar-refractivity contribution in [2.24, 2.45) is 0 Å². The van der Waals surface area contributed by atoms with Crippen LogP contribution in [-0.4, -0.2) is 61.1 Å². The lowest BCUT2D eigenvalue weighted by atomic mass is 10.0.